The fourth-order valence-electron chi connectivity index (χ4n) is 2.70. The topological polar surface area (TPSA) is 140 Å². The van der Waals surface area contributed by atoms with Crippen LogP contribution in [0.15, 0.2) is 17.1 Å². The highest BCUT2D eigenvalue weighted by atomic mass is 19.3. The van der Waals surface area contributed by atoms with Crippen molar-refractivity contribution in [3.8, 4) is 0 Å². The van der Waals surface area contributed by atoms with Gasteiger partial charge in [0, 0.05) is 6.20 Å². The summed E-state index contributed by atoms with van der Waals surface area (Å²) in [5, 5.41) is 18.7. The van der Waals surface area contributed by atoms with E-state index in [4.69, 9.17) is 19.3 Å². The van der Waals surface area contributed by atoms with E-state index in [9.17, 15) is 28.3 Å². The zero-order valence-corrected chi connectivity index (χ0v) is 18.5. The maximum atomic E-state index is 14.4. The number of imide groups is 1. The van der Waals surface area contributed by atoms with Gasteiger partial charge in [-0.05, 0) is 47.6 Å². The largest absolute Gasteiger partial charge is 0.443 e. The second-order valence-corrected chi connectivity index (χ2v) is 9.10. The van der Waals surface area contributed by atoms with Crippen LogP contribution in [0.5, 0.6) is 0 Å². The first-order valence-corrected chi connectivity index (χ1v) is 9.65. The number of hydrogen-bond acceptors (Lipinski definition) is 9. The molecule has 2 amide bonds. The zero-order valence-electron chi connectivity index (χ0n) is 18.5. The third kappa shape index (κ3) is 5.58. The van der Waals surface area contributed by atoms with Crippen LogP contribution in [0.2, 0.25) is 0 Å². The van der Waals surface area contributed by atoms with E-state index in [0.717, 1.165) is 12.3 Å². The highest BCUT2D eigenvalue weighted by Gasteiger charge is 2.59. The molecule has 1 unspecified atom stereocenters. The second-order valence-electron chi connectivity index (χ2n) is 9.10. The molecule has 2 rings (SSSR count). The summed E-state index contributed by atoms with van der Waals surface area (Å²) in [6.07, 6.45) is -7.83. The first kappa shape index (κ1) is 25.6. The van der Waals surface area contributed by atoms with Gasteiger partial charge in [0.05, 0.1) is 6.61 Å². The molecule has 0 saturated carbocycles. The van der Waals surface area contributed by atoms with Gasteiger partial charge >= 0.3 is 23.8 Å². The van der Waals surface area contributed by atoms with Gasteiger partial charge in [-0.1, -0.05) is 0 Å². The van der Waals surface area contributed by atoms with Crippen molar-refractivity contribution in [2.24, 2.45) is 0 Å². The molecule has 1 aliphatic rings. The maximum Gasteiger partial charge on any atom is 0.425 e. The molecular formula is C19H27F2N3O8. The van der Waals surface area contributed by atoms with E-state index in [-0.39, 0.29) is 0 Å². The fourth-order valence-corrected chi connectivity index (χ4v) is 2.70. The van der Waals surface area contributed by atoms with Gasteiger partial charge in [0.1, 0.15) is 17.3 Å². The van der Waals surface area contributed by atoms with Gasteiger partial charge in [-0.15, -0.1) is 0 Å². The predicted octanol–water partition coefficient (Wildman–Crippen LogP) is 1.81. The van der Waals surface area contributed by atoms with E-state index in [1.807, 2.05) is 0 Å². The number of carbonyl (C=O) groups is 2. The van der Waals surface area contributed by atoms with E-state index < -0.39 is 65.9 Å². The number of aliphatic hydroxyl groups excluding tert-OH is 2. The van der Waals surface area contributed by atoms with Crippen molar-refractivity contribution >= 4 is 18.0 Å². The maximum absolute atomic E-state index is 14.4. The van der Waals surface area contributed by atoms with Gasteiger partial charge in [0.25, 0.3) is 0 Å². The molecule has 2 heterocycles. The highest BCUT2D eigenvalue weighted by Crippen LogP contribution is 2.42. The van der Waals surface area contributed by atoms with Gasteiger partial charge in [-0.2, -0.15) is 18.7 Å². The molecule has 0 aromatic carbocycles. The average Bonchev–Trinajstić information content (AvgIpc) is 2.82. The molecule has 1 aromatic rings. The summed E-state index contributed by atoms with van der Waals surface area (Å²) in [7, 11) is 0. The highest BCUT2D eigenvalue weighted by molar-refractivity contribution is 6.08. The number of nitrogens with zero attached hydrogens (tertiary/aromatic N) is 3. The molecule has 0 aliphatic carbocycles. The van der Waals surface area contributed by atoms with Gasteiger partial charge in [0.2, 0.25) is 6.23 Å². The van der Waals surface area contributed by atoms with E-state index in [1.54, 1.807) is 41.5 Å². The molecule has 1 saturated heterocycles. The summed E-state index contributed by atoms with van der Waals surface area (Å²) in [6.45, 7) is 8.38. The van der Waals surface area contributed by atoms with Crippen LogP contribution in [0.25, 0.3) is 0 Å². The molecule has 1 aliphatic heterocycles. The number of hydrogen-bond donors (Lipinski definition) is 2. The number of amides is 2. The van der Waals surface area contributed by atoms with Crippen LogP contribution in [0, 0.1) is 0 Å². The van der Waals surface area contributed by atoms with Crippen LogP contribution in [-0.2, 0) is 14.2 Å². The van der Waals surface area contributed by atoms with Crippen molar-refractivity contribution in [2.75, 3.05) is 11.5 Å². The normalized spacial score (nSPS) is 23.0. The van der Waals surface area contributed by atoms with Crippen LogP contribution < -0.4 is 10.6 Å². The molecule has 32 heavy (non-hydrogen) atoms. The van der Waals surface area contributed by atoms with Gasteiger partial charge < -0.3 is 24.4 Å². The third-order valence-corrected chi connectivity index (χ3v) is 4.01. The Morgan fingerprint density at radius 2 is 1.69 bits per heavy atom. The first-order valence-electron chi connectivity index (χ1n) is 9.65. The molecule has 13 heteroatoms. The summed E-state index contributed by atoms with van der Waals surface area (Å²) in [6, 6.07) is 0.938. The Morgan fingerprint density at radius 3 is 2.06 bits per heavy atom. The molecule has 0 radical (unpaired) electrons. The van der Waals surface area contributed by atoms with Gasteiger partial charge in [-0.25, -0.2) is 14.4 Å². The molecule has 0 bridgehead atoms. The zero-order chi connectivity index (χ0) is 24.6. The Labute approximate surface area is 182 Å². The van der Waals surface area contributed by atoms with Crippen molar-refractivity contribution in [2.45, 2.75) is 77.1 Å². The first-order chi connectivity index (χ1) is 14.5. The minimum Gasteiger partial charge on any atom is -0.443 e. The van der Waals surface area contributed by atoms with Crippen LogP contribution in [0.1, 0.15) is 47.8 Å². The molecule has 0 spiro atoms. The SMILES string of the molecule is CC(C)(C)OC(=O)N(C(=O)OC(C)(C)C)c1ccn(C2O[C@H](CO)[C@@H](O)C2(F)F)c(=O)n1. The number of ether oxygens (including phenoxy) is 3. The summed E-state index contributed by atoms with van der Waals surface area (Å²) in [5.74, 6) is -4.45. The Morgan fingerprint density at radius 1 is 1.19 bits per heavy atom. The Balaban J connectivity index is 2.46. The third-order valence-electron chi connectivity index (χ3n) is 4.01. The molecule has 1 fully saturated rings. The smallest absolute Gasteiger partial charge is 0.425 e. The van der Waals surface area contributed by atoms with Crippen LogP contribution >= 0.6 is 0 Å². The lowest BCUT2D eigenvalue weighted by Gasteiger charge is -2.28. The number of rotatable bonds is 3. The second kappa shape index (κ2) is 8.71. The monoisotopic (exact) mass is 463 g/mol. The number of anilines is 1. The summed E-state index contributed by atoms with van der Waals surface area (Å²) in [5.41, 5.74) is -3.33. The van der Waals surface area contributed by atoms with Crippen LogP contribution in [0.4, 0.5) is 24.2 Å². The lowest BCUT2D eigenvalue weighted by molar-refractivity contribution is -0.140. The van der Waals surface area contributed by atoms with Crippen molar-refractivity contribution in [1.82, 2.24) is 9.55 Å². The number of carbonyl (C=O) groups excluding carboxylic acids is 2. The van der Waals surface area contributed by atoms with Crippen molar-refractivity contribution in [3.63, 3.8) is 0 Å². The van der Waals surface area contributed by atoms with Crippen molar-refractivity contribution < 1.29 is 42.8 Å². The van der Waals surface area contributed by atoms with Gasteiger partial charge in [-0.3, -0.25) is 4.57 Å². The quantitative estimate of drug-likeness (QED) is 0.686. The predicted molar refractivity (Wildman–Crippen MR) is 105 cm³/mol. The lowest BCUT2D eigenvalue weighted by Crippen LogP contribution is -2.46. The van der Waals surface area contributed by atoms with E-state index in [0.29, 0.717) is 9.47 Å². The van der Waals surface area contributed by atoms with Crippen molar-refractivity contribution in [1.29, 1.82) is 0 Å². The summed E-state index contributed by atoms with van der Waals surface area (Å²) >= 11 is 0. The minimum absolute atomic E-state index is 0.362. The van der Waals surface area contributed by atoms with Crippen LogP contribution in [0.3, 0.4) is 0 Å². The molecule has 1 aromatic heterocycles. The Kier molecular flexibility index (Phi) is 6.98. The number of halogens is 2. The fraction of sp³-hybridized carbons (Fsp3) is 0.684. The Hall–Kier alpha value is -2.64. The lowest BCUT2D eigenvalue weighted by atomic mass is 10.1. The van der Waals surface area contributed by atoms with E-state index in [1.165, 1.54) is 0 Å². The molecular weight excluding hydrogens is 436 g/mol. The standard InChI is InChI=1S/C19H27F2N3O8/c1-17(2,3)31-15(28)24(16(29)32-18(4,5)6)11-7-8-23(14(27)22-11)13-19(20,21)12(26)10(9-25)30-13/h7-8,10,12-13,25-26H,9H2,1-6H3/t10-,12-,13?/m1/s1. The minimum atomic E-state index is -3.92. The van der Waals surface area contributed by atoms with Crippen molar-refractivity contribution in [3.05, 3.63) is 22.7 Å². The van der Waals surface area contributed by atoms with Gasteiger partial charge in [0.15, 0.2) is 11.9 Å². The van der Waals surface area contributed by atoms with Crippen LogP contribution in [-0.4, -0.2) is 67.9 Å². The Bertz CT molecular complexity index is 894. The number of aromatic nitrogens is 2. The molecule has 2 N–H and O–H groups in total. The molecule has 180 valence electrons. The molecule has 11 nitrogen and oxygen atoms in total. The number of aliphatic hydroxyl groups is 2. The number of alkyl halides is 2. The molecule has 3 atom stereocenters. The average molecular weight is 463 g/mol. The van der Waals surface area contributed by atoms with E-state index in [2.05, 4.69) is 4.98 Å². The van der Waals surface area contributed by atoms with E-state index >= 15 is 0 Å². The summed E-state index contributed by atoms with van der Waals surface area (Å²) in [4.78, 5) is 41.6. The summed E-state index contributed by atoms with van der Waals surface area (Å²) < 4.78 is 44.3.